The summed E-state index contributed by atoms with van der Waals surface area (Å²) in [5.41, 5.74) is 0.913. The van der Waals surface area contributed by atoms with Gasteiger partial charge in [0.15, 0.2) is 0 Å². The Morgan fingerprint density at radius 2 is 1.96 bits per heavy atom. The molecule has 1 fully saturated rings. The number of carboxylic acids is 1. The molecule has 0 aromatic heterocycles. The molecule has 1 saturated carbocycles. The van der Waals surface area contributed by atoms with Crippen LogP contribution in [0, 0.1) is 5.92 Å². The number of ether oxygens (including phenoxy) is 3. The second-order valence-corrected chi connectivity index (χ2v) is 5.87. The SMILES string of the molecule is CCOC(=O)COCc1cccc(O[C@H]2CC[C@H](C(=O)O)CC2)c1. The number of carboxylic acid groups (broad SMARTS) is 1. The van der Waals surface area contributed by atoms with Crippen molar-refractivity contribution in [1.29, 1.82) is 0 Å². The molecule has 6 nitrogen and oxygen atoms in total. The van der Waals surface area contributed by atoms with Gasteiger partial charge in [-0.3, -0.25) is 4.79 Å². The smallest absolute Gasteiger partial charge is 0.332 e. The minimum Gasteiger partial charge on any atom is -0.490 e. The van der Waals surface area contributed by atoms with Gasteiger partial charge in [-0.2, -0.15) is 0 Å². The zero-order valence-electron chi connectivity index (χ0n) is 13.9. The molecule has 1 aromatic carbocycles. The van der Waals surface area contributed by atoms with Gasteiger partial charge in [0.25, 0.3) is 0 Å². The lowest BCUT2D eigenvalue weighted by Gasteiger charge is -2.26. The van der Waals surface area contributed by atoms with Crippen molar-refractivity contribution >= 4 is 11.9 Å². The van der Waals surface area contributed by atoms with Crippen LogP contribution in [0.3, 0.4) is 0 Å². The van der Waals surface area contributed by atoms with Crippen LogP contribution in [-0.4, -0.2) is 36.4 Å². The van der Waals surface area contributed by atoms with Crippen molar-refractivity contribution in [3.05, 3.63) is 29.8 Å². The van der Waals surface area contributed by atoms with Crippen molar-refractivity contribution in [3.63, 3.8) is 0 Å². The van der Waals surface area contributed by atoms with Gasteiger partial charge >= 0.3 is 11.9 Å². The Kier molecular flexibility index (Phi) is 7.06. The highest BCUT2D eigenvalue weighted by Gasteiger charge is 2.26. The van der Waals surface area contributed by atoms with E-state index >= 15 is 0 Å². The monoisotopic (exact) mass is 336 g/mol. The molecule has 1 aromatic rings. The summed E-state index contributed by atoms with van der Waals surface area (Å²) in [6.07, 6.45) is 2.86. The topological polar surface area (TPSA) is 82.1 Å². The number of aliphatic carboxylic acids is 1. The molecule has 24 heavy (non-hydrogen) atoms. The summed E-state index contributed by atoms with van der Waals surface area (Å²) in [7, 11) is 0. The molecule has 2 rings (SSSR count). The summed E-state index contributed by atoms with van der Waals surface area (Å²) in [4.78, 5) is 22.2. The number of esters is 1. The number of benzene rings is 1. The number of hydrogen-bond donors (Lipinski definition) is 1. The fourth-order valence-corrected chi connectivity index (χ4v) is 2.78. The van der Waals surface area contributed by atoms with E-state index in [1.807, 2.05) is 24.3 Å². The van der Waals surface area contributed by atoms with Crippen LogP contribution in [0.2, 0.25) is 0 Å². The van der Waals surface area contributed by atoms with Gasteiger partial charge in [-0.05, 0) is 50.3 Å². The van der Waals surface area contributed by atoms with Gasteiger partial charge in [-0.1, -0.05) is 12.1 Å². The van der Waals surface area contributed by atoms with Gasteiger partial charge in [-0.25, -0.2) is 4.79 Å². The van der Waals surface area contributed by atoms with E-state index in [1.165, 1.54) is 0 Å². The Hall–Kier alpha value is -2.08. The van der Waals surface area contributed by atoms with Crippen molar-refractivity contribution in [2.45, 2.75) is 45.3 Å². The minimum absolute atomic E-state index is 0.0521. The molecule has 6 heteroatoms. The van der Waals surface area contributed by atoms with Gasteiger partial charge in [0.2, 0.25) is 0 Å². The predicted molar refractivity (Wildman–Crippen MR) is 86.7 cm³/mol. The maximum atomic E-state index is 11.2. The molecule has 0 atom stereocenters. The van der Waals surface area contributed by atoms with E-state index in [0.29, 0.717) is 26.1 Å². The van der Waals surface area contributed by atoms with Crippen LogP contribution < -0.4 is 4.74 Å². The van der Waals surface area contributed by atoms with Crippen LogP contribution in [0.1, 0.15) is 38.2 Å². The molecule has 0 amide bonds. The highest BCUT2D eigenvalue weighted by Crippen LogP contribution is 2.28. The average Bonchev–Trinajstić information content (AvgIpc) is 2.56. The van der Waals surface area contributed by atoms with Crippen molar-refractivity contribution in [1.82, 2.24) is 0 Å². The van der Waals surface area contributed by atoms with Crippen molar-refractivity contribution < 1.29 is 28.9 Å². The Balaban J connectivity index is 1.78. The van der Waals surface area contributed by atoms with Crippen LogP contribution in [-0.2, 0) is 25.7 Å². The Morgan fingerprint density at radius 3 is 2.62 bits per heavy atom. The third kappa shape index (κ3) is 5.85. The zero-order chi connectivity index (χ0) is 17.4. The number of carbonyl (C=O) groups excluding carboxylic acids is 1. The summed E-state index contributed by atoms with van der Waals surface area (Å²) in [6.45, 7) is 2.33. The second-order valence-electron chi connectivity index (χ2n) is 5.87. The first-order valence-electron chi connectivity index (χ1n) is 8.30. The van der Waals surface area contributed by atoms with Gasteiger partial charge in [0.1, 0.15) is 12.4 Å². The molecular weight excluding hydrogens is 312 g/mol. The minimum atomic E-state index is -0.714. The summed E-state index contributed by atoms with van der Waals surface area (Å²) in [5.74, 6) is -0.590. The maximum absolute atomic E-state index is 11.2. The fraction of sp³-hybridized carbons (Fsp3) is 0.556. The van der Waals surface area contributed by atoms with Gasteiger partial charge in [-0.15, -0.1) is 0 Å². The molecule has 132 valence electrons. The molecule has 0 radical (unpaired) electrons. The molecule has 0 saturated heterocycles. The van der Waals surface area contributed by atoms with E-state index < -0.39 is 5.97 Å². The number of rotatable bonds is 8. The number of hydrogen-bond acceptors (Lipinski definition) is 5. The molecule has 1 aliphatic carbocycles. The van der Waals surface area contributed by atoms with E-state index in [9.17, 15) is 9.59 Å². The molecule has 1 aliphatic rings. The standard InChI is InChI=1S/C18H24O6/c1-2-23-17(19)12-22-11-13-4-3-5-16(10-13)24-15-8-6-14(7-9-15)18(20)21/h3-5,10,14-15H,2,6-9,11-12H2,1H3,(H,20,21)/t14-,15-. The molecule has 0 heterocycles. The lowest BCUT2D eigenvalue weighted by Crippen LogP contribution is -2.27. The Labute approximate surface area is 141 Å². The quantitative estimate of drug-likeness (QED) is 0.735. The van der Waals surface area contributed by atoms with Gasteiger partial charge in [0.05, 0.1) is 25.2 Å². The number of carbonyl (C=O) groups is 2. The largest absolute Gasteiger partial charge is 0.490 e. The van der Waals surface area contributed by atoms with E-state index in [1.54, 1.807) is 6.92 Å². The van der Waals surface area contributed by atoms with E-state index in [0.717, 1.165) is 24.2 Å². The lowest BCUT2D eigenvalue weighted by atomic mass is 9.87. The van der Waals surface area contributed by atoms with Crippen LogP contribution in [0.15, 0.2) is 24.3 Å². The van der Waals surface area contributed by atoms with E-state index in [-0.39, 0.29) is 24.6 Å². The molecule has 0 aliphatic heterocycles. The van der Waals surface area contributed by atoms with Crippen molar-refractivity contribution in [2.75, 3.05) is 13.2 Å². The maximum Gasteiger partial charge on any atom is 0.332 e. The van der Waals surface area contributed by atoms with Crippen LogP contribution in [0.5, 0.6) is 5.75 Å². The third-order valence-corrected chi connectivity index (χ3v) is 4.02. The highest BCUT2D eigenvalue weighted by molar-refractivity contribution is 5.70. The van der Waals surface area contributed by atoms with Crippen molar-refractivity contribution in [2.24, 2.45) is 5.92 Å². The predicted octanol–water partition coefficient (Wildman–Crippen LogP) is 2.79. The average molecular weight is 336 g/mol. The third-order valence-electron chi connectivity index (χ3n) is 4.02. The van der Waals surface area contributed by atoms with Crippen LogP contribution >= 0.6 is 0 Å². The molecule has 0 bridgehead atoms. The summed E-state index contributed by atoms with van der Waals surface area (Å²) >= 11 is 0. The summed E-state index contributed by atoms with van der Waals surface area (Å²) in [5, 5.41) is 9.02. The first-order valence-corrected chi connectivity index (χ1v) is 8.30. The lowest BCUT2D eigenvalue weighted by molar-refractivity contribution is -0.149. The summed E-state index contributed by atoms with van der Waals surface area (Å²) in [6, 6.07) is 7.53. The fourth-order valence-electron chi connectivity index (χ4n) is 2.78. The molecule has 1 N–H and O–H groups in total. The van der Waals surface area contributed by atoms with Crippen LogP contribution in [0.25, 0.3) is 0 Å². The van der Waals surface area contributed by atoms with Gasteiger partial charge < -0.3 is 19.3 Å². The van der Waals surface area contributed by atoms with Crippen molar-refractivity contribution in [3.8, 4) is 5.75 Å². The second kappa shape index (κ2) is 9.27. The molecule has 0 unspecified atom stereocenters. The first kappa shape index (κ1) is 18.3. The Morgan fingerprint density at radius 1 is 1.21 bits per heavy atom. The highest BCUT2D eigenvalue weighted by atomic mass is 16.6. The normalized spacial score (nSPS) is 20.4. The van der Waals surface area contributed by atoms with Crippen LogP contribution in [0.4, 0.5) is 0 Å². The molecule has 0 spiro atoms. The van der Waals surface area contributed by atoms with Gasteiger partial charge in [0, 0.05) is 0 Å². The first-order chi connectivity index (χ1) is 11.6. The zero-order valence-corrected chi connectivity index (χ0v) is 13.9. The molecular formula is C18H24O6. The van der Waals surface area contributed by atoms with E-state index in [4.69, 9.17) is 19.3 Å². The van der Waals surface area contributed by atoms with E-state index in [2.05, 4.69) is 0 Å². The summed E-state index contributed by atoms with van der Waals surface area (Å²) < 4.78 is 16.1. The Bertz CT molecular complexity index is 548.